The number of pyridine rings is 1. The van der Waals surface area contributed by atoms with E-state index in [1.807, 2.05) is 36.4 Å². The predicted molar refractivity (Wildman–Crippen MR) is 134 cm³/mol. The molecule has 0 fully saturated rings. The summed E-state index contributed by atoms with van der Waals surface area (Å²) in [7, 11) is 0. The average Bonchev–Trinajstić information content (AvgIpc) is 3.40. The molecule has 0 saturated carbocycles. The van der Waals surface area contributed by atoms with Crippen molar-refractivity contribution < 1.29 is 13.5 Å². The van der Waals surface area contributed by atoms with E-state index in [1.54, 1.807) is 25.1 Å². The minimum atomic E-state index is -0.623. The minimum absolute atomic E-state index is 0.253. The van der Waals surface area contributed by atoms with Crippen LogP contribution in [0.3, 0.4) is 0 Å². The molecule has 4 aromatic heterocycles. The van der Waals surface area contributed by atoms with Crippen molar-refractivity contribution in [3.63, 3.8) is 0 Å². The minimum Gasteiger partial charge on any atom is -0.439 e. The second-order valence-electron chi connectivity index (χ2n) is 8.70. The molecule has 0 amide bonds. The second-order valence-corrected chi connectivity index (χ2v) is 9.09. The lowest BCUT2D eigenvalue weighted by Crippen LogP contribution is -2.22. The van der Waals surface area contributed by atoms with Gasteiger partial charge < -0.3 is 14.1 Å². The number of tetrazole rings is 1. The topological polar surface area (TPSA) is 111 Å². The van der Waals surface area contributed by atoms with Crippen molar-refractivity contribution in [3.8, 4) is 22.8 Å². The summed E-state index contributed by atoms with van der Waals surface area (Å²) in [5.41, 5.74) is 3.98. The summed E-state index contributed by atoms with van der Waals surface area (Å²) in [6.45, 7) is 1.67. The highest BCUT2D eigenvalue weighted by Crippen LogP contribution is 2.48. The highest BCUT2D eigenvalue weighted by Gasteiger charge is 2.37. The fraction of sp³-hybridized carbons (Fsp3) is 0.0769. The molecule has 7 rings (SSSR count). The van der Waals surface area contributed by atoms with Gasteiger partial charge in [0.2, 0.25) is 16.6 Å². The molecule has 11 heteroatoms. The molecule has 180 valence electrons. The molecular formula is C26H15FN6O3S. The van der Waals surface area contributed by atoms with Gasteiger partial charge in [-0.3, -0.25) is 0 Å². The van der Waals surface area contributed by atoms with Gasteiger partial charge in [0.05, 0.1) is 22.4 Å². The third-order valence-corrected chi connectivity index (χ3v) is 6.81. The van der Waals surface area contributed by atoms with Crippen LogP contribution in [0, 0.1) is 17.6 Å². The number of ether oxygens (including phenoxy) is 1. The second kappa shape index (κ2) is 7.87. The number of nitrogens with zero attached hydrogens (tertiary/aromatic N) is 5. The number of aromatic nitrogens is 6. The number of fused-ring (bicyclic) bond motifs is 6. The van der Waals surface area contributed by atoms with Crippen molar-refractivity contribution in [2.75, 3.05) is 0 Å². The van der Waals surface area contributed by atoms with Gasteiger partial charge in [-0.25, -0.2) is 9.78 Å². The molecule has 1 unspecified atom stereocenters. The lowest BCUT2D eigenvalue weighted by molar-refractivity contribution is 0.421. The normalized spacial score (nSPS) is 14.4. The van der Waals surface area contributed by atoms with E-state index in [2.05, 4.69) is 25.5 Å². The van der Waals surface area contributed by atoms with Gasteiger partial charge in [0.1, 0.15) is 5.58 Å². The van der Waals surface area contributed by atoms with Crippen LogP contribution < -0.4 is 10.4 Å². The zero-order valence-corrected chi connectivity index (χ0v) is 19.9. The Morgan fingerprint density at radius 3 is 2.70 bits per heavy atom. The predicted octanol–water partition coefficient (Wildman–Crippen LogP) is 5.08. The molecule has 5 heterocycles. The first kappa shape index (κ1) is 21.5. The molecule has 1 N–H and O–H groups in total. The summed E-state index contributed by atoms with van der Waals surface area (Å²) in [6.07, 6.45) is 1.49. The smallest absolute Gasteiger partial charge is 0.344 e. The standard InChI is InChI=1S/C26H15FN6O3S/c1-12-10-15(11-28-22(12)27)13-6-8-14(9-7-13)18-19-21(16-4-2-3-5-17(16)35-25(19)34)36-24-20(18)23-30-31-32-33(23)26(37)29-24/h2-11,18H,1H3,(H,29,37). The Morgan fingerprint density at radius 1 is 1.08 bits per heavy atom. The van der Waals surface area contributed by atoms with E-state index < -0.39 is 17.5 Å². The number of halogens is 1. The lowest BCUT2D eigenvalue weighted by Gasteiger charge is -2.27. The van der Waals surface area contributed by atoms with Gasteiger partial charge in [0.25, 0.3) is 0 Å². The number of aromatic amines is 1. The van der Waals surface area contributed by atoms with Crippen molar-refractivity contribution in [1.29, 1.82) is 0 Å². The number of hydrogen-bond acceptors (Lipinski definition) is 8. The molecule has 0 radical (unpaired) electrons. The molecule has 2 aromatic carbocycles. The van der Waals surface area contributed by atoms with Gasteiger partial charge in [-0.2, -0.15) is 8.91 Å². The van der Waals surface area contributed by atoms with E-state index in [0.717, 1.165) is 16.7 Å². The maximum atomic E-state index is 13.7. The van der Waals surface area contributed by atoms with Crippen molar-refractivity contribution in [2.45, 2.75) is 12.8 Å². The first-order valence-electron chi connectivity index (χ1n) is 11.3. The van der Waals surface area contributed by atoms with Gasteiger partial charge in [0.15, 0.2) is 11.4 Å². The van der Waals surface area contributed by atoms with Crippen LogP contribution >= 0.6 is 12.2 Å². The van der Waals surface area contributed by atoms with Crippen molar-refractivity contribution >= 4 is 28.8 Å². The number of nitrogens with one attached hydrogen (secondary N) is 1. The highest BCUT2D eigenvalue weighted by atomic mass is 32.1. The highest BCUT2D eigenvalue weighted by molar-refractivity contribution is 7.71. The van der Waals surface area contributed by atoms with Crippen LogP contribution in [0.1, 0.15) is 28.2 Å². The largest absolute Gasteiger partial charge is 0.439 e. The SMILES string of the molecule is Cc1cc(-c2ccc(C3c4c(c5ccccc5oc4=O)Oc4[nH]c(=S)n5nnnc5c43)cc2)cnc1F. The molecule has 0 saturated heterocycles. The van der Waals surface area contributed by atoms with Crippen LogP contribution in [0.2, 0.25) is 0 Å². The fourth-order valence-electron chi connectivity index (χ4n) is 4.81. The van der Waals surface area contributed by atoms with Gasteiger partial charge in [0, 0.05) is 17.3 Å². The summed E-state index contributed by atoms with van der Waals surface area (Å²) in [5.74, 6) is -0.391. The number of rotatable bonds is 2. The first-order valence-corrected chi connectivity index (χ1v) is 11.7. The Kier molecular flexibility index (Phi) is 4.57. The van der Waals surface area contributed by atoms with Gasteiger partial charge in [-0.15, -0.1) is 5.10 Å². The summed E-state index contributed by atoms with van der Waals surface area (Å²) in [6, 6.07) is 16.5. The van der Waals surface area contributed by atoms with E-state index in [1.165, 1.54) is 10.7 Å². The van der Waals surface area contributed by atoms with Crippen LogP contribution in [0.5, 0.6) is 11.6 Å². The molecule has 1 aliphatic heterocycles. The quantitative estimate of drug-likeness (QED) is 0.195. The summed E-state index contributed by atoms with van der Waals surface area (Å²) in [5, 5.41) is 12.6. The lowest BCUT2D eigenvalue weighted by atomic mass is 9.83. The number of benzene rings is 2. The van der Waals surface area contributed by atoms with Crippen LogP contribution in [0.25, 0.3) is 27.7 Å². The molecule has 1 aliphatic rings. The molecule has 1 atom stereocenters. The van der Waals surface area contributed by atoms with E-state index in [4.69, 9.17) is 21.4 Å². The van der Waals surface area contributed by atoms with Gasteiger partial charge >= 0.3 is 5.63 Å². The zero-order valence-electron chi connectivity index (χ0n) is 19.1. The monoisotopic (exact) mass is 510 g/mol. The molecule has 0 bridgehead atoms. The van der Waals surface area contributed by atoms with Crippen molar-refractivity contribution in [2.24, 2.45) is 0 Å². The first-order chi connectivity index (χ1) is 18.0. The molecule has 0 aliphatic carbocycles. The van der Waals surface area contributed by atoms with E-state index in [0.29, 0.717) is 44.9 Å². The third kappa shape index (κ3) is 3.21. The van der Waals surface area contributed by atoms with Crippen LogP contribution in [0.15, 0.2) is 70.0 Å². The molecule has 0 spiro atoms. The summed E-state index contributed by atoms with van der Waals surface area (Å²) >= 11 is 5.43. The number of aryl methyl sites for hydroxylation is 1. The summed E-state index contributed by atoms with van der Waals surface area (Å²) < 4.78 is 27.3. The maximum Gasteiger partial charge on any atom is 0.344 e. The summed E-state index contributed by atoms with van der Waals surface area (Å²) in [4.78, 5) is 20.3. The van der Waals surface area contributed by atoms with E-state index in [9.17, 15) is 9.18 Å². The van der Waals surface area contributed by atoms with E-state index >= 15 is 0 Å². The Hall–Kier alpha value is -4.77. The fourth-order valence-corrected chi connectivity index (χ4v) is 5.03. The Balaban J connectivity index is 1.49. The molecular weight excluding hydrogens is 495 g/mol. The van der Waals surface area contributed by atoms with Gasteiger partial charge in [-0.05, 0) is 58.9 Å². The molecule has 6 aromatic rings. The van der Waals surface area contributed by atoms with Crippen molar-refractivity contribution in [1.82, 2.24) is 30.0 Å². The number of H-pyrrole nitrogens is 1. The van der Waals surface area contributed by atoms with Crippen LogP contribution in [0.4, 0.5) is 4.39 Å². The Morgan fingerprint density at radius 2 is 1.89 bits per heavy atom. The molecule has 9 nitrogen and oxygen atoms in total. The zero-order chi connectivity index (χ0) is 25.3. The third-order valence-electron chi connectivity index (χ3n) is 6.54. The van der Waals surface area contributed by atoms with Crippen molar-refractivity contribution in [3.05, 3.63) is 104 Å². The van der Waals surface area contributed by atoms with Crippen LogP contribution in [-0.2, 0) is 0 Å². The van der Waals surface area contributed by atoms with Gasteiger partial charge in [-0.1, -0.05) is 36.4 Å². The van der Waals surface area contributed by atoms with Crippen LogP contribution in [-0.4, -0.2) is 30.0 Å². The maximum absolute atomic E-state index is 13.7. The Labute approximate surface area is 212 Å². The number of para-hydroxylation sites is 1. The molecule has 37 heavy (non-hydrogen) atoms. The Bertz CT molecular complexity index is 2000. The average molecular weight is 511 g/mol. The van der Waals surface area contributed by atoms with E-state index in [-0.39, 0.29) is 4.77 Å². The number of hydrogen-bond donors (Lipinski definition) is 1.